The van der Waals surface area contributed by atoms with E-state index in [0.29, 0.717) is 28.0 Å². The molecule has 0 spiro atoms. The number of amides is 4. The molecule has 4 amide bonds. The maximum absolute atomic E-state index is 12.3. The molecule has 6 rings (SSSR count). The first-order valence-electron chi connectivity index (χ1n) is 14.8. The van der Waals surface area contributed by atoms with Crippen LogP contribution in [0.5, 0.6) is 0 Å². The fraction of sp³-hybridized carbons (Fsp3) is 0.312. The first-order chi connectivity index (χ1) is 22.8. The van der Waals surface area contributed by atoms with Gasteiger partial charge in [0.05, 0.1) is 0 Å². The molecule has 16 heteroatoms. The lowest BCUT2D eigenvalue weighted by molar-refractivity contribution is -0.160. The Labute approximate surface area is 283 Å². The number of carboxylic acids is 2. The van der Waals surface area contributed by atoms with Gasteiger partial charge in [-0.25, -0.2) is 9.59 Å². The minimum atomic E-state index is -1.13. The molecule has 7 atom stereocenters. The predicted octanol–water partition coefficient (Wildman–Crippen LogP) is 0.888. The minimum Gasteiger partial charge on any atom is -0.479 e. The van der Waals surface area contributed by atoms with Crippen LogP contribution in [0.15, 0.2) is 82.9 Å². The highest BCUT2D eigenvalue weighted by atomic mass is 32.2. The van der Waals surface area contributed by atoms with Crippen LogP contribution in [0, 0.1) is 0 Å². The van der Waals surface area contributed by atoms with Crippen molar-refractivity contribution in [1.29, 1.82) is 0 Å². The minimum absolute atomic E-state index is 0.0154. The highest BCUT2D eigenvalue weighted by Gasteiger charge is 2.56. The molecule has 4 aliphatic rings. The first kappa shape index (κ1) is 34.7. The van der Waals surface area contributed by atoms with E-state index < -0.39 is 76.5 Å². The molecule has 2 saturated heterocycles. The third-order valence-corrected chi connectivity index (χ3v) is 11.0. The molecule has 252 valence electrons. The summed E-state index contributed by atoms with van der Waals surface area (Å²) in [6.07, 6.45) is 0. The molecular formula is C32H34N6O8S2. The molecule has 4 aliphatic heterocycles. The zero-order chi connectivity index (χ0) is 34.9. The number of nitrogens with one attached hydrogen (secondary N) is 2. The number of fused-ring (bicyclic) bond motifs is 2. The van der Waals surface area contributed by atoms with Gasteiger partial charge >= 0.3 is 11.9 Å². The predicted molar refractivity (Wildman–Crippen MR) is 177 cm³/mol. The lowest BCUT2D eigenvalue weighted by Gasteiger charge is -2.51. The Morgan fingerprint density at radius 1 is 0.812 bits per heavy atom. The molecule has 2 fully saturated rings. The normalized spacial score (nSPS) is 25.4. The average molecular weight is 695 g/mol. The molecule has 2 aromatic rings. The second kappa shape index (κ2) is 14.2. The number of nitrogens with two attached hydrogens (primary N) is 2. The number of rotatable bonds is 8. The number of β-lactam (4-membered cyclic amide) rings is 2. The molecule has 0 radical (unpaired) electrons. The zero-order valence-electron chi connectivity index (χ0n) is 25.8. The molecular weight excluding hydrogens is 661 g/mol. The number of benzene rings is 2. The van der Waals surface area contributed by atoms with Crippen LogP contribution < -0.4 is 22.1 Å². The lowest BCUT2D eigenvalue weighted by Crippen LogP contribution is -2.74. The standard InChI is InChI=1S/2C16H17N3O4S/c2*1-8-7-24-15-11(14(21)19(15)12(8)16(22)23)18-13(20)10(17)9-5-3-2-4-6-9/h2-6,10-11,15H,7,17H2,1H3,(H,18,20)(H,22,23);2-7,10-12,15H,17H2,1H3,(H,18,20)(H,22,23)/t10-,11-,15-;10-,11-,12?,15-/m11/s1. The van der Waals surface area contributed by atoms with Crippen molar-refractivity contribution < 1.29 is 39.0 Å². The average Bonchev–Trinajstić information content (AvgIpc) is 3.09. The number of thioether (sulfide) groups is 2. The van der Waals surface area contributed by atoms with Crippen LogP contribution in [0.2, 0.25) is 0 Å². The third kappa shape index (κ3) is 6.56. The Balaban J connectivity index is 0.000000188. The van der Waals surface area contributed by atoms with Crippen molar-refractivity contribution in [1.82, 2.24) is 20.4 Å². The van der Waals surface area contributed by atoms with E-state index >= 15 is 0 Å². The van der Waals surface area contributed by atoms with Gasteiger partial charge in [-0.2, -0.15) is 0 Å². The largest absolute Gasteiger partial charge is 0.479 e. The fourth-order valence-electron chi connectivity index (χ4n) is 5.70. The smallest absolute Gasteiger partial charge is 0.352 e. The fourth-order valence-corrected chi connectivity index (χ4v) is 8.17. The summed E-state index contributed by atoms with van der Waals surface area (Å²) in [5, 5.41) is 24.8. The summed E-state index contributed by atoms with van der Waals surface area (Å²) in [6.45, 7) is 3.36. The van der Waals surface area contributed by atoms with Crippen molar-refractivity contribution in [2.45, 2.75) is 54.8 Å². The summed E-state index contributed by atoms with van der Waals surface area (Å²) >= 11 is 2.76. The Hall–Kier alpha value is -4.64. The van der Waals surface area contributed by atoms with Crippen molar-refractivity contribution in [2.75, 3.05) is 5.75 Å². The Kier molecular flexibility index (Phi) is 10.3. The first-order valence-corrected chi connectivity index (χ1v) is 16.8. The molecule has 2 aromatic carbocycles. The molecule has 4 heterocycles. The number of hydrogen-bond donors (Lipinski definition) is 6. The number of hydrogen-bond acceptors (Lipinski definition) is 10. The maximum atomic E-state index is 12.3. The van der Waals surface area contributed by atoms with Crippen LogP contribution in [0.4, 0.5) is 0 Å². The van der Waals surface area contributed by atoms with E-state index in [4.69, 9.17) is 11.5 Å². The molecule has 1 unspecified atom stereocenters. The summed E-state index contributed by atoms with van der Waals surface area (Å²) in [5.41, 5.74) is 14.4. The van der Waals surface area contributed by atoms with E-state index in [1.807, 2.05) is 12.1 Å². The maximum Gasteiger partial charge on any atom is 0.352 e. The van der Waals surface area contributed by atoms with Gasteiger partial charge in [0, 0.05) is 5.75 Å². The monoisotopic (exact) mass is 694 g/mol. The molecule has 0 bridgehead atoms. The molecule has 0 aliphatic carbocycles. The molecule has 8 N–H and O–H groups in total. The Morgan fingerprint density at radius 3 is 1.79 bits per heavy atom. The van der Waals surface area contributed by atoms with E-state index in [1.165, 1.54) is 33.3 Å². The molecule has 0 saturated carbocycles. The quantitative estimate of drug-likeness (QED) is 0.212. The van der Waals surface area contributed by atoms with Crippen LogP contribution >= 0.6 is 23.5 Å². The second-order valence-electron chi connectivity index (χ2n) is 11.5. The van der Waals surface area contributed by atoms with E-state index in [-0.39, 0.29) is 5.70 Å². The van der Waals surface area contributed by atoms with Crippen molar-refractivity contribution in [3.05, 3.63) is 94.0 Å². The van der Waals surface area contributed by atoms with Gasteiger partial charge in [0.1, 0.15) is 40.6 Å². The van der Waals surface area contributed by atoms with Crippen LogP contribution in [0.3, 0.4) is 0 Å². The number of carbonyl (C=O) groups is 6. The number of aliphatic carboxylic acids is 2. The van der Waals surface area contributed by atoms with Gasteiger partial charge in [0.25, 0.3) is 5.91 Å². The molecule has 48 heavy (non-hydrogen) atoms. The van der Waals surface area contributed by atoms with E-state index in [2.05, 4.69) is 10.6 Å². The SMILES string of the molecule is CC1=C(C(=O)O)N2C(=O)[C@@H](NC(=O)[C@H](N)c3ccccc3)[C@H]2SC1.CC1=CS[C@@H]2[C@H](NC(=O)[C@H](N)c3ccccc3)C(=O)N2C1C(=O)O. The van der Waals surface area contributed by atoms with E-state index in [1.54, 1.807) is 67.8 Å². The summed E-state index contributed by atoms with van der Waals surface area (Å²) < 4.78 is 0. The van der Waals surface area contributed by atoms with Crippen LogP contribution in [0.25, 0.3) is 0 Å². The molecule has 14 nitrogen and oxygen atoms in total. The van der Waals surface area contributed by atoms with Crippen molar-refractivity contribution in [2.24, 2.45) is 11.5 Å². The molecule has 0 aromatic heterocycles. The topological polar surface area (TPSA) is 225 Å². The van der Waals surface area contributed by atoms with Gasteiger partial charge in [0.15, 0.2) is 6.04 Å². The van der Waals surface area contributed by atoms with Gasteiger partial charge in [-0.3, -0.25) is 24.1 Å². The number of carboxylic acid groups (broad SMARTS) is 2. The van der Waals surface area contributed by atoms with Gasteiger partial charge in [-0.05, 0) is 41.5 Å². The second-order valence-corrected chi connectivity index (χ2v) is 13.6. The summed E-state index contributed by atoms with van der Waals surface area (Å²) in [6, 6.07) is 13.5. The van der Waals surface area contributed by atoms with E-state index in [0.717, 1.165) is 0 Å². The van der Waals surface area contributed by atoms with Crippen molar-refractivity contribution in [3.8, 4) is 0 Å². The number of nitrogens with zero attached hydrogens (tertiary/aromatic N) is 2. The summed E-state index contributed by atoms with van der Waals surface area (Å²) in [4.78, 5) is 74.5. The van der Waals surface area contributed by atoms with Gasteiger partial charge < -0.3 is 37.2 Å². The Bertz CT molecular complexity index is 1640. The lowest BCUT2D eigenvalue weighted by atomic mass is 9.98. The number of carbonyl (C=O) groups excluding carboxylic acids is 4. The Morgan fingerprint density at radius 2 is 1.31 bits per heavy atom. The van der Waals surface area contributed by atoms with Crippen molar-refractivity contribution >= 4 is 59.1 Å². The van der Waals surface area contributed by atoms with Gasteiger partial charge in [-0.1, -0.05) is 60.7 Å². The summed E-state index contributed by atoms with van der Waals surface area (Å²) in [5.74, 6) is -3.43. The van der Waals surface area contributed by atoms with Crippen LogP contribution in [0.1, 0.15) is 37.1 Å². The van der Waals surface area contributed by atoms with Gasteiger partial charge in [-0.15, -0.1) is 23.5 Å². The van der Waals surface area contributed by atoms with Crippen molar-refractivity contribution in [3.63, 3.8) is 0 Å². The summed E-state index contributed by atoms with van der Waals surface area (Å²) in [7, 11) is 0. The van der Waals surface area contributed by atoms with Crippen LogP contribution in [-0.2, 0) is 28.8 Å². The third-order valence-electron chi connectivity index (χ3n) is 8.26. The highest BCUT2D eigenvalue weighted by Crippen LogP contribution is 2.41. The van der Waals surface area contributed by atoms with Crippen LogP contribution in [-0.4, -0.2) is 90.2 Å². The zero-order valence-corrected chi connectivity index (χ0v) is 27.4. The highest BCUT2D eigenvalue weighted by molar-refractivity contribution is 8.03. The van der Waals surface area contributed by atoms with Gasteiger partial charge in [0.2, 0.25) is 17.7 Å². The van der Waals surface area contributed by atoms with E-state index in [9.17, 15) is 39.0 Å².